The Balaban J connectivity index is 0.00000324. The summed E-state index contributed by atoms with van der Waals surface area (Å²) < 4.78 is 31.9. The van der Waals surface area contributed by atoms with E-state index < -0.39 is 29.2 Å². The van der Waals surface area contributed by atoms with Crippen molar-refractivity contribution in [3.63, 3.8) is 0 Å². The number of carbonyl (C=O) groups excluding carboxylic acids is 1. The Morgan fingerprint density at radius 1 is 1.32 bits per heavy atom. The zero-order valence-electron chi connectivity index (χ0n) is 11.1. The average Bonchev–Trinajstić information content (AvgIpc) is 2.13. The number of hydrogen-bond acceptors (Lipinski definition) is 3. The van der Waals surface area contributed by atoms with E-state index in [0.717, 1.165) is 12.1 Å². The first-order valence-corrected chi connectivity index (χ1v) is 5.62. The molecule has 108 valence electrons. The van der Waals surface area contributed by atoms with E-state index in [-0.39, 0.29) is 24.4 Å². The van der Waals surface area contributed by atoms with E-state index >= 15 is 0 Å². The van der Waals surface area contributed by atoms with Crippen molar-refractivity contribution < 1.29 is 18.3 Å². The third kappa shape index (κ3) is 5.53. The molecular formula is C13H18ClF2NO2. The molecule has 0 fully saturated rings. The number of nitrogens with two attached hydrogens (primary N) is 1. The number of ether oxygens (including phenoxy) is 1. The Hall–Kier alpha value is -1.20. The van der Waals surface area contributed by atoms with Crippen molar-refractivity contribution in [3.8, 4) is 0 Å². The lowest BCUT2D eigenvalue weighted by Crippen LogP contribution is -2.27. The molecule has 0 aliphatic heterocycles. The second-order valence-corrected chi connectivity index (χ2v) is 5.03. The number of esters is 1. The lowest BCUT2D eigenvalue weighted by atomic mass is 10.0. The lowest BCUT2D eigenvalue weighted by molar-refractivity contribution is -0.155. The summed E-state index contributed by atoms with van der Waals surface area (Å²) in [5, 5.41) is 0. The Labute approximate surface area is 117 Å². The molecule has 0 saturated carbocycles. The van der Waals surface area contributed by atoms with Gasteiger partial charge in [-0.25, -0.2) is 8.78 Å². The molecule has 0 unspecified atom stereocenters. The van der Waals surface area contributed by atoms with Crippen molar-refractivity contribution in [3.05, 3.63) is 35.4 Å². The molecule has 19 heavy (non-hydrogen) atoms. The molecule has 0 amide bonds. The molecule has 1 rings (SSSR count). The van der Waals surface area contributed by atoms with Gasteiger partial charge in [-0.1, -0.05) is 6.07 Å². The van der Waals surface area contributed by atoms with Crippen LogP contribution in [-0.2, 0) is 9.53 Å². The van der Waals surface area contributed by atoms with Crippen molar-refractivity contribution in [1.82, 2.24) is 0 Å². The first kappa shape index (κ1) is 17.8. The normalized spacial score (nSPS) is 12.5. The molecule has 0 aromatic heterocycles. The highest BCUT2D eigenvalue weighted by Gasteiger charge is 2.23. The fraction of sp³-hybridized carbons (Fsp3) is 0.462. The summed E-state index contributed by atoms with van der Waals surface area (Å²) >= 11 is 0. The Morgan fingerprint density at radius 3 is 2.21 bits per heavy atom. The Morgan fingerprint density at radius 2 is 1.79 bits per heavy atom. The monoisotopic (exact) mass is 293 g/mol. The zero-order chi connectivity index (χ0) is 13.9. The number of hydrogen-bond donors (Lipinski definition) is 1. The largest absolute Gasteiger partial charge is 0.460 e. The molecule has 1 aromatic rings. The predicted molar refractivity (Wildman–Crippen MR) is 71.0 cm³/mol. The molecule has 1 atom stereocenters. The van der Waals surface area contributed by atoms with E-state index in [0.29, 0.717) is 0 Å². The SMILES string of the molecule is CC(C)(C)OC(=O)C[C@H](N)c1c(F)cccc1F.Cl. The van der Waals surface area contributed by atoms with E-state index in [1.165, 1.54) is 6.07 Å². The number of halogens is 3. The van der Waals surface area contributed by atoms with E-state index in [1.807, 2.05) is 0 Å². The minimum atomic E-state index is -1.05. The predicted octanol–water partition coefficient (Wildman–Crippen LogP) is 3.12. The fourth-order valence-electron chi connectivity index (χ4n) is 1.53. The van der Waals surface area contributed by atoms with Crippen LogP contribution in [0.4, 0.5) is 8.78 Å². The van der Waals surface area contributed by atoms with Gasteiger partial charge in [0.25, 0.3) is 0 Å². The highest BCUT2D eigenvalue weighted by molar-refractivity contribution is 5.85. The van der Waals surface area contributed by atoms with Crippen LogP contribution in [-0.4, -0.2) is 11.6 Å². The second kappa shape index (κ2) is 6.82. The quantitative estimate of drug-likeness (QED) is 0.871. The van der Waals surface area contributed by atoms with Crippen LogP contribution in [0.15, 0.2) is 18.2 Å². The summed E-state index contributed by atoms with van der Waals surface area (Å²) in [6, 6.07) is 2.40. The molecule has 0 bridgehead atoms. The highest BCUT2D eigenvalue weighted by Crippen LogP contribution is 2.22. The first-order valence-electron chi connectivity index (χ1n) is 5.62. The van der Waals surface area contributed by atoms with Crippen LogP contribution in [0.5, 0.6) is 0 Å². The van der Waals surface area contributed by atoms with Crippen LogP contribution < -0.4 is 5.73 Å². The van der Waals surface area contributed by atoms with Crippen molar-refractivity contribution in [2.75, 3.05) is 0 Å². The van der Waals surface area contributed by atoms with Gasteiger partial charge < -0.3 is 10.5 Å². The molecule has 0 saturated heterocycles. The maximum atomic E-state index is 13.4. The molecular weight excluding hydrogens is 276 g/mol. The molecule has 0 spiro atoms. The number of benzene rings is 1. The fourth-order valence-corrected chi connectivity index (χ4v) is 1.53. The molecule has 1 aromatic carbocycles. The van der Waals surface area contributed by atoms with Crippen LogP contribution in [0.25, 0.3) is 0 Å². The van der Waals surface area contributed by atoms with Crippen LogP contribution in [0.1, 0.15) is 38.8 Å². The molecule has 2 N–H and O–H groups in total. The van der Waals surface area contributed by atoms with Crippen LogP contribution >= 0.6 is 12.4 Å². The Kier molecular flexibility index (Phi) is 6.39. The van der Waals surface area contributed by atoms with Gasteiger partial charge in [-0.2, -0.15) is 0 Å². The summed E-state index contributed by atoms with van der Waals surface area (Å²) in [7, 11) is 0. The van der Waals surface area contributed by atoms with Crippen molar-refractivity contribution in [2.24, 2.45) is 5.73 Å². The smallest absolute Gasteiger partial charge is 0.308 e. The molecule has 0 aliphatic rings. The molecule has 0 radical (unpaired) electrons. The van der Waals surface area contributed by atoms with E-state index in [1.54, 1.807) is 20.8 Å². The third-order valence-corrected chi connectivity index (χ3v) is 2.18. The molecule has 6 heteroatoms. The minimum absolute atomic E-state index is 0. The van der Waals surface area contributed by atoms with E-state index in [9.17, 15) is 13.6 Å². The minimum Gasteiger partial charge on any atom is -0.460 e. The van der Waals surface area contributed by atoms with Crippen molar-refractivity contribution in [1.29, 1.82) is 0 Å². The standard InChI is InChI=1S/C13H17F2NO2.ClH/c1-13(2,3)18-11(17)7-10(16)12-8(14)5-4-6-9(12)15;/h4-6,10H,7,16H2,1-3H3;1H/t10-;/m0./s1. The third-order valence-electron chi connectivity index (χ3n) is 2.18. The summed E-state index contributed by atoms with van der Waals surface area (Å²) in [6.45, 7) is 5.13. The van der Waals surface area contributed by atoms with Gasteiger partial charge in [-0.15, -0.1) is 12.4 Å². The Bertz CT molecular complexity index is 427. The van der Waals surface area contributed by atoms with Crippen molar-refractivity contribution >= 4 is 18.4 Å². The molecule has 3 nitrogen and oxygen atoms in total. The maximum absolute atomic E-state index is 13.4. The van der Waals surface area contributed by atoms with Crippen LogP contribution in [0.3, 0.4) is 0 Å². The van der Waals surface area contributed by atoms with Crippen LogP contribution in [0.2, 0.25) is 0 Å². The maximum Gasteiger partial charge on any atom is 0.308 e. The number of rotatable bonds is 3. The van der Waals surface area contributed by atoms with Gasteiger partial charge in [0.1, 0.15) is 17.2 Å². The summed E-state index contributed by atoms with van der Waals surface area (Å²) in [4.78, 5) is 11.5. The second-order valence-electron chi connectivity index (χ2n) is 5.03. The van der Waals surface area contributed by atoms with Crippen LogP contribution in [0, 0.1) is 11.6 Å². The zero-order valence-corrected chi connectivity index (χ0v) is 11.9. The summed E-state index contributed by atoms with van der Waals surface area (Å²) in [5.41, 5.74) is 4.70. The number of carbonyl (C=O) groups is 1. The van der Waals surface area contributed by atoms with E-state index in [2.05, 4.69) is 0 Å². The molecule has 0 heterocycles. The van der Waals surface area contributed by atoms with Gasteiger partial charge in [-0.3, -0.25) is 4.79 Å². The summed E-state index contributed by atoms with van der Waals surface area (Å²) in [5.74, 6) is -2.10. The van der Waals surface area contributed by atoms with Gasteiger partial charge in [0.15, 0.2) is 0 Å². The highest BCUT2D eigenvalue weighted by atomic mass is 35.5. The molecule has 0 aliphatic carbocycles. The first-order chi connectivity index (χ1) is 8.20. The van der Waals surface area contributed by atoms with E-state index in [4.69, 9.17) is 10.5 Å². The average molecular weight is 294 g/mol. The van der Waals surface area contributed by atoms with Gasteiger partial charge in [0.2, 0.25) is 0 Å². The lowest BCUT2D eigenvalue weighted by Gasteiger charge is -2.21. The van der Waals surface area contributed by atoms with Gasteiger partial charge in [0, 0.05) is 11.6 Å². The topological polar surface area (TPSA) is 52.3 Å². The summed E-state index contributed by atoms with van der Waals surface area (Å²) in [6.07, 6.45) is -0.269. The van der Waals surface area contributed by atoms with Gasteiger partial charge in [0.05, 0.1) is 6.42 Å². The van der Waals surface area contributed by atoms with Gasteiger partial charge >= 0.3 is 5.97 Å². The van der Waals surface area contributed by atoms with Crippen molar-refractivity contribution in [2.45, 2.75) is 38.8 Å². The van der Waals surface area contributed by atoms with Gasteiger partial charge in [-0.05, 0) is 32.9 Å².